The molecule has 1 aliphatic rings. The molecule has 1 heterocycles. The minimum Gasteiger partial charge on any atom is -0.309 e. The Bertz CT molecular complexity index is 325. The molecular formula is C15H25NS. The molecule has 0 radical (unpaired) electrons. The van der Waals surface area contributed by atoms with Gasteiger partial charge in [-0.3, -0.25) is 0 Å². The number of thiophene rings is 1. The largest absolute Gasteiger partial charge is 0.309 e. The SMILES string of the molecule is CCCNC(CC1CCCC1)c1ccc(C)s1. The number of rotatable bonds is 6. The molecule has 0 aromatic carbocycles. The summed E-state index contributed by atoms with van der Waals surface area (Å²) in [5.74, 6) is 0.965. The van der Waals surface area contributed by atoms with E-state index < -0.39 is 0 Å². The van der Waals surface area contributed by atoms with Gasteiger partial charge in [-0.1, -0.05) is 32.6 Å². The van der Waals surface area contributed by atoms with Gasteiger partial charge in [0.05, 0.1) is 0 Å². The first-order valence-electron chi connectivity index (χ1n) is 7.09. The van der Waals surface area contributed by atoms with Crippen molar-refractivity contribution in [2.24, 2.45) is 5.92 Å². The van der Waals surface area contributed by atoms with Gasteiger partial charge in [-0.2, -0.15) is 0 Å². The first kappa shape index (κ1) is 13.1. The Morgan fingerprint density at radius 2 is 2.12 bits per heavy atom. The molecular weight excluding hydrogens is 226 g/mol. The zero-order valence-electron chi connectivity index (χ0n) is 11.2. The summed E-state index contributed by atoms with van der Waals surface area (Å²) in [5.41, 5.74) is 0. The second kappa shape index (κ2) is 6.55. The Morgan fingerprint density at radius 3 is 2.71 bits per heavy atom. The van der Waals surface area contributed by atoms with E-state index in [4.69, 9.17) is 0 Å². The van der Waals surface area contributed by atoms with E-state index in [-0.39, 0.29) is 0 Å². The lowest BCUT2D eigenvalue weighted by Crippen LogP contribution is -2.23. The quantitative estimate of drug-likeness (QED) is 0.774. The molecule has 1 unspecified atom stereocenters. The third-order valence-electron chi connectivity index (χ3n) is 3.79. The second-order valence-corrected chi connectivity index (χ2v) is 6.66. The number of hydrogen-bond donors (Lipinski definition) is 1. The molecule has 1 atom stereocenters. The number of hydrogen-bond acceptors (Lipinski definition) is 2. The molecule has 96 valence electrons. The Labute approximate surface area is 110 Å². The van der Waals surface area contributed by atoms with Gasteiger partial charge in [0.15, 0.2) is 0 Å². The van der Waals surface area contributed by atoms with E-state index in [9.17, 15) is 0 Å². The predicted octanol–water partition coefficient (Wildman–Crippen LogP) is 4.68. The van der Waals surface area contributed by atoms with Crippen molar-refractivity contribution in [1.82, 2.24) is 5.32 Å². The maximum Gasteiger partial charge on any atom is 0.0417 e. The highest BCUT2D eigenvalue weighted by Crippen LogP contribution is 2.35. The van der Waals surface area contributed by atoms with Crippen LogP contribution >= 0.6 is 11.3 Å². The van der Waals surface area contributed by atoms with Crippen molar-refractivity contribution in [1.29, 1.82) is 0 Å². The van der Waals surface area contributed by atoms with Crippen molar-refractivity contribution in [3.63, 3.8) is 0 Å². The molecule has 1 aromatic rings. The molecule has 1 N–H and O–H groups in total. The van der Waals surface area contributed by atoms with Crippen LogP contribution in [0.5, 0.6) is 0 Å². The normalized spacial score (nSPS) is 18.7. The van der Waals surface area contributed by atoms with Crippen molar-refractivity contribution >= 4 is 11.3 Å². The Hall–Kier alpha value is -0.340. The van der Waals surface area contributed by atoms with Crippen LogP contribution < -0.4 is 5.32 Å². The van der Waals surface area contributed by atoms with Crippen LogP contribution in [0.1, 0.15) is 61.2 Å². The van der Waals surface area contributed by atoms with Gasteiger partial charge in [-0.05, 0) is 44.4 Å². The fourth-order valence-corrected chi connectivity index (χ4v) is 3.80. The van der Waals surface area contributed by atoms with Crippen molar-refractivity contribution < 1.29 is 0 Å². The Morgan fingerprint density at radius 1 is 1.35 bits per heavy atom. The molecule has 1 aliphatic carbocycles. The van der Waals surface area contributed by atoms with Crippen molar-refractivity contribution in [3.05, 3.63) is 21.9 Å². The summed E-state index contributed by atoms with van der Waals surface area (Å²) in [6.07, 6.45) is 8.39. The zero-order chi connectivity index (χ0) is 12.1. The van der Waals surface area contributed by atoms with Gasteiger partial charge in [0, 0.05) is 15.8 Å². The molecule has 0 amide bonds. The molecule has 0 bridgehead atoms. The van der Waals surface area contributed by atoms with Crippen molar-refractivity contribution in [2.75, 3.05) is 6.54 Å². The smallest absolute Gasteiger partial charge is 0.0417 e. The van der Waals surface area contributed by atoms with Gasteiger partial charge in [0.25, 0.3) is 0 Å². The van der Waals surface area contributed by atoms with Gasteiger partial charge < -0.3 is 5.32 Å². The summed E-state index contributed by atoms with van der Waals surface area (Å²) in [6, 6.07) is 5.19. The summed E-state index contributed by atoms with van der Waals surface area (Å²) in [5, 5.41) is 3.74. The summed E-state index contributed by atoms with van der Waals surface area (Å²) >= 11 is 1.97. The van der Waals surface area contributed by atoms with Crippen molar-refractivity contribution in [2.45, 2.75) is 58.4 Å². The summed E-state index contributed by atoms with van der Waals surface area (Å²) in [6.45, 7) is 5.61. The first-order valence-corrected chi connectivity index (χ1v) is 7.91. The van der Waals surface area contributed by atoms with Crippen LogP contribution in [-0.2, 0) is 0 Å². The van der Waals surface area contributed by atoms with Crippen LogP contribution in [-0.4, -0.2) is 6.54 Å². The molecule has 1 aromatic heterocycles. The lowest BCUT2D eigenvalue weighted by Gasteiger charge is -2.20. The van der Waals surface area contributed by atoms with Gasteiger partial charge in [-0.15, -0.1) is 11.3 Å². The minimum absolute atomic E-state index is 0.608. The molecule has 1 saturated carbocycles. The van der Waals surface area contributed by atoms with E-state index in [1.54, 1.807) is 4.88 Å². The van der Waals surface area contributed by atoms with E-state index >= 15 is 0 Å². The topological polar surface area (TPSA) is 12.0 Å². The van der Waals surface area contributed by atoms with Gasteiger partial charge >= 0.3 is 0 Å². The van der Waals surface area contributed by atoms with E-state index in [2.05, 4.69) is 31.3 Å². The van der Waals surface area contributed by atoms with Gasteiger partial charge in [0.2, 0.25) is 0 Å². The van der Waals surface area contributed by atoms with Crippen LogP contribution in [0.25, 0.3) is 0 Å². The van der Waals surface area contributed by atoms with Crippen LogP contribution in [0.2, 0.25) is 0 Å². The average molecular weight is 251 g/mol. The standard InChI is InChI=1S/C15H25NS/c1-3-10-16-14(11-13-6-4-5-7-13)15-9-8-12(2)17-15/h8-9,13-14,16H,3-7,10-11H2,1-2H3. The van der Waals surface area contributed by atoms with Crippen LogP contribution in [0.4, 0.5) is 0 Å². The summed E-state index contributed by atoms with van der Waals surface area (Å²) < 4.78 is 0. The number of nitrogens with one attached hydrogen (secondary N) is 1. The Kier molecular flexibility index (Phi) is 5.05. The Balaban J connectivity index is 1.96. The lowest BCUT2D eigenvalue weighted by atomic mass is 9.97. The van der Waals surface area contributed by atoms with E-state index in [1.165, 1.54) is 43.4 Å². The highest BCUT2D eigenvalue weighted by atomic mass is 32.1. The molecule has 17 heavy (non-hydrogen) atoms. The van der Waals surface area contributed by atoms with E-state index in [1.807, 2.05) is 11.3 Å². The van der Waals surface area contributed by atoms with Gasteiger partial charge in [0.1, 0.15) is 0 Å². The lowest BCUT2D eigenvalue weighted by molar-refractivity contribution is 0.399. The maximum absolute atomic E-state index is 3.74. The fourth-order valence-electron chi connectivity index (χ4n) is 2.84. The first-order chi connectivity index (χ1) is 8.29. The monoisotopic (exact) mass is 251 g/mol. The van der Waals surface area contributed by atoms with Gasteiger partial charge in [-0.25, -0.2) is 0 Å². The molecule has 2 heteroatoms. The zero-order valence-corrected chi connectivity index (χ0v) is 12.0. The van der Waals surface area contributed by atoms with Crippen LogP contribution in [0.15, 0.2) is 12.1 Å². The molecule has 0 spiro atoms. The molecule has 1 nitrogen and oxygen atoms in total. The third kappa shape index (κ3) is 3.82. The van der Waals surface area contributed by atoms with E-state index in [0.29, 0.717) is 6.04 Å². The summed E-state index contributed by atoms with van der Waals surface area (Å²) in [7, 11) is 0. The van der Waals surface area contributed by atoms with Crippen LogP contribution in [0.3, 0.4) is 0 Å². The molecule has 1 fully saturated rings. The third-order valence-corrected chi connectivity index (χ3v) is 4.90. The highest BCUT2D eigenvalue weighted by Gasteiger charge is 2.21. The predicted molar refractivity (Wildman–Crippen MR) is 76.7 cm³/mol. The molecule has 2 rings (SSSR count). The fraction of sp³-hybridized carbons (Fsp3) is 0.733. The minimum atomic E-state index is 0.608. The summed E-state index contributed by atoms with van der Waals surface area (Å²) in [4.78, 5) is 2.98. The number of aryl methyl sites for hydroxylation is 1. The molecule has 0 aliphatic heterocycles. The van der Waals surface area contributed by atoms with Crippen molar-refractivity contribution in [3.8, 4) is 0 Å². The second-order valence-electron chi connectivity index (χ2n) is 5.34. The average Bonchev–Trinajstić information content (AvgIpc) is 2.95. The van der Waals surface area contributed by atoms with Crippen LogP contribution in [0, 0.1) is 12.8 Å². The highest BCUT2D eigenvalue weighted by molar-refractivity contribution is 7.12. The molecule has 0 saturated heterocycles. The van der Waals surface area contributed by atoms with E-state index in [0.717, 1.165) is 12.5 Å². The maximum atomic E-state index is 3.74.